The maximum Gasteiger partial charge on any atom is 0.249 e. The average Bonchev–Trinajstić information content (AvgIpc) is 2.31. The van der Waals surface area contributed by atoms with Gasteiger partial charge < -0.3 is 15.8 Å². The van der Waals surface area contributed by atoms with Crippen LogP contribution in [0, 0.1) is 0 Å². The fourth-order valence-corrected chi connectivity index (χ4v) is 0.998. The summed E-state index contributed by atoms with van der Waals surface area (Å²) in [4.78, 5) is 10.9. The second kappa shape index (κ2) is 3.69. The molecule has 0 bridgehead atoms. The zero-order chi connectivity index (χ0) is 8.27. The third kappa shape index (κ3) is 2.48. The molecule has 3 N–H and O–H groups in total. The van der Waals surface area contributed by atoms with Crippen LogP contribution < -0.4 is 11.1 Å². The van der Waals surface area contributed by atoms with Crippen molar-refractivity contribution in [2.75, 3.05) is 13.2 Å². The molecule has 0 aromatic heterocycles. The Hall–Kier alpha value is -0.610. The van der Waals surface area contributed by atoms with Crippen molar-refractivity contribution in [3.8, 4) is 0 Å². The Morgan fingerprint density at radius 3 is 3.09 bits per heavy atom. The Bertz CT molecular complexity index is 147. The minimum Gasteiger partial charge on any atom is -0.367 e. The minimum absolute atomic E-state index is 0.00315. The van der Waals surface area contributed by atoms with Gasteiger partial charge in [0.05, 0.1) is 6.61 Å². The highest BCUT2D eigenvalue weighted by Gasteiger charge is 2.24. The second-order valence-electron chi connectivity index (χ2n) is 2.88. The molecule has 0 saturated carbocycles. The average molecular weight is 158 g/mol. The van der Waals surface area contributed by atoms with E-state index >= 15 is 0 Å². The second-order valence-corrected chi connectivity index (χ2v) is 2.88. The highest BCUT2D eigenvalue weighted by Crippen LogP contribution is 2.04. The summed E-state index contributed by atoms with van der Waals surface area (Å²) in [6.07, 6.45) is 0.506. The molecule has 1 aliphatic rings. The van der Waals surface area contributed by atoms with Crippen molar-refractivity contribution in [2.24, 2.45) is 5.73 Å². The van der Waals surface area contributed by atoms with Crippen molar-refractivity contribution in [2.45, 2.75) is 25.5 Å². The van der Waals surface area contributed by atoms with E-state index in [2.05, 4.69) is 5.32 Å². The topological polar surface area (TPSA) is 64.3 Å². The Kier molecular flexibility index (Phi) is 2.84. The Labute approximate surface area is 66.1 Å². The lowest BCUT2D eigenvalue weighted by atomic mass is 10.3. The van der Waals surface area contributed by atoms with Crippen LogP contribution in [0.5, 0.6) is 0 Å². The van der Waals surface area contributed by atoms with E-state index in [9.17, 15) is 4.79 Å². The monoisotopic (exact) mass is 158 g/mol. The first kappa shape index (κ1) is 8.49. The van der Waals surface area contributed by atoms with Gasteiger partial charge in [-0.05, 0) is 13.3 Å². The molecule has 2 atom stereocenters. The van der Waals surface area contributed by atoms with Crippen LogP contribution in [0.1, 0.15) is 13.3 Å². The number of hydrogen-bond acceptors (Lipinski definition) is 3. The predicted molar refractivity (Wildman–Crippen MR) is 41.0 cm³/mol. The first-order valence-electron chi connectivity index (χ1n) is 3.85. The van der Waals surface area contributed by atoms with Gasteiger partial charge in [0.2, 0.25) is 5.91 Å². The van der Waals surface area contributed by atoms with Crippen LogP contribution >= 0.6 is 0 Å². The van der Waals surface area contributed by atoms with Gasteiger partial charge in [-0.25, -0.2) is 0 Å². The van der Waals surface area contributed by atoms with E-state index in [0.29, 0.717) is 6.61 Å². The number of hydrogen-bond donors (Lipinski definition) is 2. The van der Waals surface area contributed by atoms with Crippen molar-refractivity contribution < 1.29 is 9.53 Å². The van der Waals surface area contributed by atoms with E-state index in [1.54, 1.807) is 0 Å². The molecule has 0 aromatic rings. The number of ether oxygens (including phenoxy) is 1. The summed E-state index contributed by atoms with van der Waals surface area (Å²) in [6, 6.07) is 0.00315. The minimum atomic E-state index is -0.263. The number of nitrogens with two attached hydrogens (primary N) is 1. The lowest BCUT2D eigenvalue weighted by molar-refractivity contribution is -0.129. The molecule has 0 aromatic carbocycles. The SMILES string of the molecule is C[C@H](N)CO[C@@H]1CCNC1=O. The molecule has 1 amide bonds. The molecule has 0 radical (unpaired) electrons. The Morgan fingerprint density at radius 1 is 1.91 bits per heavy atom. The number of carbonyl (C=O) groups is 1. The van der Waals surface area contributed by atoms with E-state index in [4.69, 9.17) is 10.5 Å². The van der Waals surface area contributed by atoms with Crippen LogP contribution in [0.2, 0.25) is 0 Å². The number of amides is 1. The molecule has 1 rings (SSSR count). The maximum atomic E-state index is 10.9. The third-order valence-corrected chi connectivity index (χ3v) is 1.56. The molecular formula is C7H14N2O2. The van der Waals surface area contributed by atoms with E-state index in [0.717, 1.165) is 13.0 Å². The van der Waals surface area contributed by atoms with Gasteiger partial charge in [0.25, 0.3) is 0 Å². The molecule has 0 spiro atoms. The number of carbonyl (C=O) groups excluding carboxylic acids is 1. The lowest BCUT2D eigenvalue weighted by Gasteiger charge is -2.10. The molecule has 4 heteroatoms. The third-order valence-electron chi connectivity index (χ3n) is 1.56. The summed E-state index contributed by atoms with van der Waals surface area (Å²) >= 11 is 0. The van der Waals surface area contributed by atoms with Gasteiger partial charge in [0.15, 0.2) is 0 Å². The van der Waals surface area contributed by atoms with Gasteiger partial charge in [-0.2, -0.15) is 0 Å². The molecule has 4 nitrogen and oxygen atoms in total. The van der Waals surface area contributed by atoms with E-state index in [1.165, 1.54) is 0 Å². The van der Waals surface area contributed by atoms with E-state index in [-0.39, 0.29) is 18.1 Å². The molecule has 1 saturated heterocycles. The van der Waals surface area contributed by atoms with Gasteiger partial charge in [-0.1, -0.05) is 0 Å². The van der Waals surface area contributed by atoms with E-state index in [1.807, 2.05) is 6.92 Å². The van der Waals surface area contributed by atoms with Crippen LogP contribution in [0.15, 0.2) is 0 Å². The van der Waals surface area contributed by atoms with Crippen molar-refractivity contribution in [3.05, 3.63) is 0 Å². The summed E-state index contributed by atoms with van der Waals surface area (Å²) in [5, 5.41) is 2.69. The molecule has 1 aliphatic heterocycles. The molecular weight excluding hydrogens is 144 g/mol. The summed E-state index contributed by atoms with van der Waals surface area (Å²) in [6.45, 7) is 3.04. The van der Waals surface area contributed by atoms with Gasteiger partial charge in [0.1, 0.15) is 6.10 Å². The largest absolute Gasteiger partial charge is 0.367 e. The van der Waals surface area contributed by atoms with Gasteiger partial charge in [0, 0.05) is 12.6 Å². The molecule has 0 unspecified atom stereocenters. The first-order valence-corrected chi connectivity index (χ1v) is 3.85. The molecule has 11 heavy (non-hydrogen) atoms. The number of rotatable bonds is 3. The van der Waals surface area contributed by atoms with Crippen LogP contribution in [0.4, 0.5) is 0 Å². The van der Waals surface area contributed by atoms with Crippen LogP contribution in [-0.4, -0.2) is 31.2 Å². The van der Waals surface area contributed by atoms with Crippen molar-refractivity contribution in [1.82, 2.24) is 5.32 Å². The quantitative estimate of drug-likeness (QED) is 0.567. The van der Waals surface area contributed by atoms with Crippen LogP contribution in [-0.2, 0) is 9.53 Å². The van der Waals surface area contributed by atoms with Gasteiger partial charge >= 0.3 is 0 Å². The van der Waals surface area contributed by atoms with Crippen LogP contribution in [0.25, 0.3) is 0 Å². The summed E-state index contributed by atoms with van der Waals surface area (Å²) in [7, 11) is 0. The van der Waals surface area contributed by atoms with Gasteiger partial charge in [-0.3, -0.25) is 4.79 Å². The lowest BCUT2D eigenvalue weighted by Crippen LogP contribution is -2.30. The predicted octanol–water partition coefficient (Wildman–Crippen LogP) is -0.761. The highest BCUT2D eigenvalue weighted by atomic mass is 16.5. The maximum absolute atomic E-state index is 10.9. The fraction of sp³-hybridized carbons (Fsp3) is 0.857. The Balaban J connectivity index is 2.20. The van der Waals surface area contributed by atoms with Crippen LogP contribution in [0.3, 0.4) is 0 Å². The summed E-state index contributed by atoms with van der Waals surface area (Å²) in [5.41, 5.74) is 5.46. The summed E-state index contributed by atoms with van der Waals surface area (Å²) in [5.74, 6) is -0.00866. The fourth-order valence-electron chi connectivity index (χ4n) is 0.998. The molecule has 64 valence electrons. The van der Waals surface area contributed by atoms with Gasteiger partial charge in [-0.15, -0.1) is 0 Å². The van der Waals surface area contributed by atoms with Crippen molar-refractivity contribution in [3.63, 3.8) is 0 Å². The standard InChI is InChI=1S/C7H14N2O2/c1-5(8)4-11-6-2-3-9-7(6)10/h5-6H,2-4,8H2,1H3,(H,9,10)/t5-,6+/m0/s1. The normalized spacial score (nSPS) is 26.7. The Morgan fingerprint density at radius 2 is 2.64 bits per heavy atom. The first-order chi connectivity index (χ1) is 5.20. The molecule has 1 heterocycles. The number of nitrogens with one attached hydrogen (secondary N) is 1. The zero-order valence-electron chi connectivity index (χ0n) is 6.67. The molecule has 0 aliphatic carbocycles. The smallest absolute Gasteiger partial charge is 0.249 e. The van der Waals surface area contributed by atoms with E-state index < -0.39 is 0 Å². The van der Waals surface area contributed by atoms with Crippen molar-refractivity contribution in [1.29, 1.82) is 0 Å². The zero-order valence-corrected chi connectivity index (χ0v) is 6.67. The summed E-state index contributed by atoms with van der Waals surface area (Å²) < 4.78 is 5.24. The molecule has 1 fully saturated rings. The van der Waals surface area contributed by atoms with Crippen molar-refractivity contribution >= 4 is 5.91 Å². The highest BCUT2D eigenvalue weighted by molar-refractivity contribution is 5.82.